The number of rotatable bonds is 46. The summed E-state index contributed by atoms with van der Waals surface area (Å²) >= 11 is 0. The van der Waals surface area contributed by atoms with Crippen LogP contribution in [0, 0.1) is 0 Å². The molecule has 346 valence electrons. The van der Waals surface area contributed by atoms with Crippen LogP contribution in [-0.2, 0) is 32.7 Å². The Bertz CT molecular complexity index is 958. The van der Waals surface area contributed by atoms with Crippen LogP contribution in [0.3, 0.4) is 0 Å². The van der Waals surface area contributed by atoms with Crippen LogP contribution in [0.1, 0.15) is 245 Å². The van der Waals surface area contributed by atoms with Gasteiger partial charge in [-0.15, -0.1) is 0 Å². The molecule has 1 N–H and O–H groups in total. The van der Waals surface area contributed by atoms with E-state index in [4.69, 9.17) is 18.5 Å². The monoisotopic (exact) mass is 847 g/mol. The molecule has 0 bridgehead atoms. The molecule has 0 rings (SSSR count). The standard InChI is InChI=1S/C48H96NO8P/c1-6-8-10-12-14-15-16-17-18-19-20-21-22-23-24-25-26-27-28-29-30-31-32-33-34-35-37-39-41-48(51)57-46(44-54-47(50)40-38-36-13-11-9-7-2)45-56-58(52,53)55-43-42-49(3,4)5/h46H,6-45H2,1-5H3/p+1. The third-order valence-electron chi connectivity index (χ3n) is 11.1. The Morgan fingerprint density at radius 3 is 1.10 bits per heavy atom. The van der Waals surface area contributed by atoms with E-state index in [1.807, 2.05) is 21.1 Å². The summed E-state index contributed by atoms with van der Waals surface area (Å²) in [5.41, 5.74) is 0. The number of unbranched alkanes of at least 4 members (excludes halogenated alkanes) is 32. The van der Waals surface area contributed by atoms with Crippen LogP contribution in [0.15, 0.2) is 0 Å². The molecule has 0 aliphatic heterocycles. The third kappa shape index (κ3) is 44.6. The average Bonchev–Trinajstić information content (AvgIpc) is 3.17. The first-order chi connectivity index (χ1) is 28.0. The Morgan fingerprint density at radius 2 is 0.776 bits per heavy atom. The van der Waals surface area contributed by atoms with Crippen molar-refractivity contribution in [2.45, 2.75) is 251 Å². The topological polar surface area (TPSA) is 108 Å². The molecule has 0 aliphatic carbocycles. The van der Waals surface area contributed by atoms with Crippen LogP contribution in [0.25, 0.3) is 0 Å². The van der Waals surface area contributed by atoms with E-state index < -0.39 is 26.5 Å². The maximum atomic E-state index is 12.7. The predicted octanol–water partition coefficient (Wildman–Crippen LogP) is 14.4. The van der Waals surface area contributed by atoms with Crippen LogP contribution >= 0.6 is 7.82 Å². The van der Waals surface area contributed by atoms with Crippen molar-refractivity contribution in [1.82, 2.24) is 0 Å². The molecule has 0 aromatic rings. The number of hydrogen-bond donors (Lipinski definition) is 1. The van der Waals surface area contributed by atoms with E-state index in [0.29, 0.717) is 17.4 Å². The molecule has 2 atom stereocenters. The summed E-state index contributed by atoms with van der Waals surface area (Å²) in [4.78, 5) is 35.1. The van der Waals surface area contributed by atoms with Crippen molar-refractivity contribution in [3.8, 4) is 0 Å². The molecular weight excluding hydrogens is 750 g/mol. The molecule has 0 radical (unpaired) electrons. The second-order valence-electron chi connectivity index (χ2n) is 18.2. The largest absolute Gasteiger partial charge is 0.472 e. The highest BCUT2D eigenvalue weighted by atomic mass is 31.2. The van der Waals surface area contributed by atoms with Gasteiger partial charge >= 0.3 is 19.8 Å². The highest BCUT2D eigenvalue weighted by Crippen LogP contribution is 2.43. The average molecular weight is 847 g/mol. The number of phosphoric ester groups is 1. The number of carbonyl (C=O) groups is 2. The van der Waals surface area contributed by atoms with Gasteiger partial charge in [0.25, 0.3) is 0 Å². The van der Waals surface area contributed by atoms with Crippen molar-refractivity contribution in [3.63, 3.8) is 0 Å². The highest BCUT2D eigenvalue weighted by molar-refractivity contribution is 7.47. The lowest BCUT2D eigenvalue weighted by Crippen LogP contribution is -2.37. The second-order valence-corrected chi connectivity index (χ2v) is 19.7. The fourth-order valence-electron chi connectivity index (χ4n) is 7.25. The van der Waals surface area contributed by atoms with Gasteiger partial charge in [-0.1, -0.05) is 219 Å². The third-order valence-corrected chi connectivity index (χ3v) is 12.1. The van der Waals surface area contributed by atoms with Crippen LogP contribution in [0.2, 0.25) is 0 Å². The van der Waals surface area contributed by atoms with Gasteiger partial charge in [0.05, 0.1) is 27.7 Å². The van der Waals surface area contributed by atoms with Crippen molar-refractivity contribution >= 4 is 19.8 Å². The molecule has 0 heterocycles. The number of hydrogen-bond acceptors (Lipinski definition) is 7. The van der Waals surface area contributed by atoms with E-state index in [9.17, 15) is 19.0 Å². The zero-order chi connectivity index (χ0) is 42.8. The SMILES string of the molecule is CCCCCCCCCCCCCCCCCCCCCCCCCCCCCCC(=O)OC(COC(=O)CCCCCCCC)COP(=O)(O)OCC[N+](C)(C)C. The summed E-state index contributed by atoms with van der Waals surface area (Å²) in [6.45, 7) is 4.40. The van der Waals surface area contributed by atoms with Gasteiger partial charge in [-0.05, 0) is 12.8 Å². The number of likely N-dealkylation sites (N-methyl/N-ethyl adjacent to an activating group) is 1. The number of phosphoric acid groups is 1. The molecule has 0 aliphatic rings. The molecule has 2 unspecified atom stereocenters. The number of esters is 2. The van der Waals surface area contributed by atoms with Crippen LogP contribution in [-0.4, -0.2) is 74.9 Å². The molecule has 0 amide bonds. The Balaban J connectivity index is 3.91. The van der Waals surface area contributed by atoms with Gasteiger partial charge in [0.1, 0.15) is 19.8 Å². The fraction of sp³-hybridized carbons (Fsp3) is 0.958. The quantitative estimate of drug-likeness (QED) is 0.0279. The van der Waals surface area contributed by atoms with Gasteiger partial charge in [-0.3, -0.25) is 18.6 Å². The molecule has 0 fully saturated rings. The number of quaternary nitrogens is 1. The zero-order valence-electron chi connectivity index (χ0n) is 39.1. The summed E-state index contributed by atoms with van der Waals surface area (Å²) in [7, 11) is 1.49. The van der Waals surface area contributed by atoms with E-state index in [2.05, 4.69) is 13.8 Å². The summed E-state index contributed by atoms with van der Waals surface area (Å²) in [6.07, 6.45) is 43.5. The van der Waals surface area contributed by atoms with E-state index in [1.165, 1.54) is 180 Å². The van der Waals surface area contributed by atoms with E-state index in [0.717, 1.165) is 38.5 Å². The molecular formula is C48H97NO8P+. The minimum absolute atomic E-state index is 0.0363. The smallest absolute Gasteiger partial charge is 0.462 e. The first kappa shape index (κ1) is 57.0. The van der Waals surface area contributed by atoms with Crippen molar-refractivity contribution in [2.24, 2.45) is 0 Å². The van der Waals surface area contributed by atoms with Gasteiger partial charge in [0.2, 0.25) is 0 Å². The van der Waals surface area contributed by atoms with Gasteiger partial charge in [0, 0.05) is 12.8 Å². The Hall–Kier alpha value is -0.990. The maximum Gasteiger partial charge on any atom is 0.472 e. The normalized spacial score (nSPS) is 13.4. The lowest BCUT2D eigenvalue weighted by atomic mass is 10.0. The molecule has 0 spiro atoms. The fourth-order valence-corrected chi connectivity index (χ4v) is 7.99. The van der Waals surface area contributed by atoms with Crippen molar-refractivity contribution in [1.29, 1.82) is 0 Å². The first-order valence-corrected chi connectivity index (χ1v) is 26.3. The summed E-state index contributed by atoms with van der Waals surface area (Å²) in [5.74, 6) is -0.794. The van der Waals surface area contributed by atoms with Crippen LogP contribution in [0.4, 0.5) is 0 Å². The minimum Gasteiger partial charge on any atom is -0.462 e. The molecule has 10 heteroatoms. The van der Waals surface area contributed by atoms with E-state index in [1.54, 1.807) is 0 Å². The molecule has 0 saturated heterocycles. The number of ether oxygens (including phenoxy) is 2. The van der Waals surface area contributed by atoms with Gasteiger partial charge in [-0.2, -0.15) is 0 Å². The molecule has 58 heavy (non-hydrogen) atoms. The molecule has 0 aromatic heterocycles. The van der Waals surface area contributed by atoms with Gasteiger partial charge in [0.15, 0.2) is 6.10 Å². The van der Waals surface area contributed by atoms with Crippen molar-refractivity contribution < 1.29 is 42.1 Å². The number of carbonyl (C=O) groups excluding carboxylic acids is 2. The summed E-state index contributed by atoms with van der Waals surface area (Å²) in [5, 5.41) is 0. The van der Waals surface area contributed by atoms with Crippen molar-refractivity contribution in [3.05, 3.63) is 0 Å². The van der Waals surface area contributed by atoms with Crippen LogP contribution < -0.4 is 0 Å². The highest BCUT2D eigenvalue weighted by Gasteiger charge is 2.27. The van der Waals surface area contributed by atoms with Crippen LogP contribution in [0.5, 0.6) is 0 Å². The Kier molecular flexibility index (Phi) is 40.7. The molecule has 0 saturated carbocycles. The summed E-state index contributed by atoms with van der Waals surface area (Å²) in [6, 6.07) is 0. The Morgan fingerprint density at radius 1 is 0.466 bits per heavy atom. The molecule has 0 aromatic carbocycles. The maximum absolute atomic E-state index is 12.7. The predicted molar refractivity (Wildman–Crippen MR) is 243 cm³/mol. The van der Waals surface area contributed by atoms with Crippen molar-refractivity contribution in [2.75, 3.05) is 47.5 Å². The van der Waals surface area contributed by atoms with Gasteiger partial charge in [-0.25, -0.2) is 4.57 Å². The van der Waals surface area contributed by atoms with E-state index >= 15 is 0 Å². The Labute approximate surface area is 359 Å². The second kappa shape index (κ2) is 41.4. The molecule has 9 nitrogen and oxygen atoms in total. The summed E-state index contributed by atoms with van der Waals surface area (Å²) < 4.78 is 34.2. The lowest BCUT2D eigenvalue weighted by molar-refractivity contribution is -0.870. The van der Waals surface area contributed by atoms with E-state index in [-0.39, 0.29) is 25.6 Å². The number of nitrogens with zero attached hydrogens (tertiary/aromatic N) is 1. The van der Waals surface area contributed by atoms with Gasteiger partial charge < -0.3 is 18.9 Å². The zero-order valence-corrected chi connectivity index (χ0v) is 40.0. The lowest BCUT2D eigenvalue weighted by Gasteiger charge is -2.24. The first-order valence-electron chi connectivity index (χ1n) is 24.8. The minimum atomic E-state index is -4.36.